The largest absolute Gasteiger partial charge is 0.294 e. The van der Waals surface area contributed by atoms with Gasteiger partial charge in [-0.1, -0.05) is 42.5 Å². The van der Waals surface area contributed by atoms with Gasteiger partial charge in [-0.25, -0.2) is 0 Å². The Kier molecular flexibility index (Phi) is 5.12. The lowest BCUT2D eigenvalue weighted by atomic mass is 9.91. The Morgan fingerprint density at radius 2 is 1.61 bits per heavy atom. The standard InChI is InChI=1S/C26H25N3O2/c1-28(23-10-4-6-20-7-5-15-27-24(20)23)16-18-11-13-19(14-12-18)17-29-25(30)21-8-2-3-9-22(21)26(29)31/h2-3,5,7-9,11-15,23H,4,6,10,16-17H2,1H3/t23-/m0/s1. The second-order valence-electron chi connectivity index (χ2n) is 8.43. The SMILES string of the molecule is CN(Cc1ccc(CN2C(=O)c3ccccc3C2=O)cc1)[C@H]1CCCc2cccnc21. The molecule has 5 nitrogen and oxygen atoms in total. The summed E-state index contributed by atoms with van der Waals surface area (Å²) in [6, 6.07) is 19.8. The van der Waals surface area contributed by atoms with Crippen molar-refractivity contribution in [3.63, 3.8) is 0 Å². The van der Waals surface area contributed by atoms with E-state index < -0.39 is 0 Å². The molecule has 5 heteroatoms. The Morgan fingerprint density at radius 3 is 2.32 bits per heavy atom. The number of pyridine rings is 1. The van der Waals surface area contributed by atoms with Crippen molar-refractivity contribution in [1.82, 2.24) is 14.8 Å². The van der Waals surface area contributed by atoms with Crippen molar-refractivity contribution < 1.29 is 9.59 Å². The highest BCUT2D eigenvalue weighted by Gasteiger charge is 2.34. The van der Waals surface area contributed by atoms with Crippen LogP contribution in [0.5, 0.6) is 0 Å². The minimum atomic E-state index is -0.215. The first-order valence-electron chi connectivity index (χ1n) is 10.8. The predicted octanol–water partition coefficient (Wildman–Crippen LogP) is 4.39. The Hall–Kier alpha value is -3.31. The van der Waals surface area contributed by atoms with E-state index in [9.17, 15) is 9.59 Å². The summed E-state index contributed by atoms with van der Waals surface area (Å²) in [7, 11) is 2.15. The first kappa shape index (κ1) is 19.6. The molecule has 0 radical (unpaired) electrons. The van der Waals surface area contributed by atoms with Gasteiger partial charge in [-0.3, -0.25) is 24.4 Å². The van der Waals surface area contributed by atoms with E-state index in [1.165, 1.54) is 28.1 Å². The van der Waals surface area contributed by atoms with Gasteiger partial charge >= 0.3 is 0 Å². The molecule has 2 aliphatic rings. The van der Waals surface area contributed by atoms with Crippen LogP contribution in [0.2, 0.25) is 0 Å². The molecule has 156 valence electrons. The first-order valence-corrected chi connectivity index (χ1v) is 10.8. The van der Waals surface area contributed by atoms with Gasteiger partial charge in [-0.15, -0.1) is 0 Å². The number of nitrogens with zero attached hydrogens (tertiary/aromatic N) is 3. The predicted molar refractivity (Wildman–Crippen MR) is 118 cm³/mol. The van der Waals surface area contributed by atoms with Gasteiger partial charge in [0.05, 0.1) is 29.4 Å². The smallest absolute Gasteiger partial charge is 0.261 e. The van der Waals surface area contributed by atoms with Crippen LogP contribution in [0.1, 0.15) is 62.0 Å². The molecule has 1 aliphatic heterocycles. The van der Waals surface area contributed by atoms with Crippen LogP contribution in [-0.2, 0) is 19.5 Å². The van der Waals surface area contributed by atoms with Crippen LogP contribution in [0.4, 0.5) is 0 Å². The molecule has 2 aromatic carbocycles. The minimum absolute atomic E-state index is 0.215. The van der Waals surface area contributed by atoms with E-state index >= 15 is 0 Å². The molecule has 0 fully saturated rings. The summed E-state index contributed by atoms with van der Waals surface area (Å²) < 4.78 is 0. The molecule has 1 aliphatic carbocycles. The summed E-state index contributed by atoms with van der Waals surface area (Å²) in [6.45, 7) is 1.12. The second kappa shape index (κ2) is 8.08. The quantitative estimate of drug-likeness (QED) is 0.585. The van der Waals surface area contributed by atoms with Gasteiger partial charge < -0.3 is 0 Å². The molecule has 0 bridgehead atoms. The maximum Gasteiger partial charge on any atom is 0.261 e. The van der Waals surface area contributed by atoms with Crippen LogP contribution >= 0.6 is 0 Å². The van der Waals surface area contributed by atoms with Crippen LogP contribution in [0.15, 0.2) is 66.9 Å². The molecule has 5 rings (SSSR count). The number of rotatable bonds is 5. The first-order chi connectivity index (χ1) is 15.1. The number of imide groups is 1. The molecule has 1 atom stereocenters. The van der Waals surface area contributed by atoms with Crippen LogP contribution in [-0.4, -0.2) is 33.6 Å². The van der Waals surface area contributed by atoms with E-state index in [1.807, 2.05) is 24.4 Å². The lowest BCUT2D eigenvalue weighted by Crippen LogP contribution is -2.29. The number of fused-ring (bicyclic) bond motifs is 2. The molecule has 0 saturated carbocycles. The molecular formula is C26H25N3O2. The van der Waals surface area contributed by atoms with Crippen LogP contribution in [0.3, 0.4) is 0 Å². The highest BCUT2D eigenvalue weighted by atomic mass is 16.2. The van der Waals surface area contributed by atoms with E-state index in [1.54, 1.807) is 24.3 Å². The van der Waals surface area contributed by atoms with Gasteiger partial charge in [-0.2, -0.15) is 0 Å². The lowest BCUT2D eigenvalue weighted by molar-refractivity contribution is 0.0642. The maximum absolute atomic E-state index is 12.6. The fourth-order valence-corrected chi connectivity index (χ4v) is 4.73. The van der Waals surface area contributed by atoms with Crippen LogP contribution in [0, 0.1) is 0 Å². The van der Waals surface area contributed by atoms with Gasteiger partial charge in [0.15, 0.2) is 0 Å². The van der Waals surface area contributed by atoms with Crippen molar-refractivity contribution in [1.29, 1.82) is 0 Å². The molecule has 1 aromatic heterocycles. The Bertz CT molecular complexity index is 1100. The minimum Gasteiger partial charge on any atom is -0.294 e. The summed E-state index contributed by atoms with van der Waals surface area (Å²) in [5.41, 5.74) is 5.71. The van der Waals surface area contributed by atoms with Crippen LogP contribution < -0.4 is 0 Å². The normalized spacial score (nSPS) is 17.7. The molecule has 0 spiro atoms. The number of aryl methyl sites for hydroxylation is 1. The molecule has 31 heavy (non-hydrogen) atoms. The fourth-order valence-electron chi connectivity index (χ4n) is 4.73. The Balaban J connectivity index is 1.26. The third-order valence-corrected chi connectivity index (χ3v) is 6.37. The zero-order valence-electron chi connectivity index (χ0n) is 17.6. The van der Waals surface area contributed by atoms with Crippen LogP contribution in [0.25, 0.3) is 0 Å². The van der Waals surface area contributed by atoms with Gasteiger partial charge in [0.1, 0.15) is 0 Å². The summed E-state index contributed by atoms with van der Waals surface area (Å²) >= 11 is 0. The third-order valence-electron chi connectivity index (χ3n) is 6.37. The summed E-state index contributed by atoms with van der Waals surface area (Å²) in [5.74, 6) is -0.430. The third kappa shape index (κ3) is 3.66. The maximum atomic E-state index is 12.6. The zero-order chi connectivity index (χ0) is 21.4. The number of carbonyl (C=O) groups excluding carboxylic acids is 2. The van der Waals surface area contributed by atoms with Crippen molar-refractivity contribution >= 4 is 11.8 Å². The Morgan fingerprint density at radius 1 is 0.935 bits per heavy atom. The molecule has 2 heterocycles. The highest BCUT2D eigenvalue weighted by molar-refractivity contribution is 6.21. The van der Waals surface area contributed by atoms with Gasteiger partial charge in [-0.05, 0) is 61.2 Å². The van der Waals surface area contributed by atoms with Gasteiger partial charge in [0, 0.05) is 12.7 Å². The topological polar surface area (TPSA) is 53.5 Å². The number of benzene rings is 2. The number of hydrogen-bond donors (Lipinski definition) is 0. The van der Waals surface area contributed by atoms with Crippen molar-refractivity contribution in [3.05, 3.63) is 100 Å². The van der Waals surface area contributed by atoms with E-state index in [0.717, 1.165) is 24.9 Å². The van der Waals surface area contributed by atoms with Gasteiger partial charge in [0.2, 0.25) is 0 Å². The molecule has 0 N–H and O–H groups in total. The van der Waals surface area contributed by atoms with E-state index in [-0.39, 0.29) is 11.8 Å². The molecule has 2 amide bonds. The van der Waals surface area contributed by atoms with E-state index in [4.69, 9.17) is 0 Å². The molecule has 0 saturated heterocycles. The van der Waals surface area contributed by atoms with Crippen molar-refractivity contribution in [2.45, 2.75) is 38.4 Å². The number of amides is 2. The summed E-state index contributed by atoms with van der Waals surface area (Å²) in [5, 5.41) is 0. The number of hydrogen-bond acceptors (Lipinski definition) is 4. The molecular weight excluding hydrogens is 386 g/mol. The van der Waals surface area contributed by atoms with E-state index in [2.05, 4.69) is 35.1 Å². The highest BCUT2D eigenvalue weighted by Crippen LogP contribution is 2.32. The number of carbonyl (C=O) groups is 2. The average Bonchev–Trinajstić information content (AvgIpc) is 3.05. The van der Waals surface area contributed by atoms with Gasteiger partial charge in [0.25, 0.3) is 11.8 Å². The second-order valence-corrected chi connectivity index (χ2v) is 8.43. The van der Waals surface area contributed by atoms with Crippen molar-refractivity contribution in [2.75, 3.05) is 7.05 Å². The average molecular weight is 412 g/mol. The molecule has 3 aromatic rings. The van der Waals surface area contributed by atoms with E-state index in [0.29, 0.717) is 23.7 Å². The summed E-state index contributed by atoms with van der Waals surface area (Å²) in [4.78, 5) is 33.5. The fraction of sp³-hybridized carbons (Fsp3) is 0.269. The number of aromatic nitrogens is 1. The van der Waals surface area contributed by atoms with Crippen molar-refractivity contribution in [3.8, 4) is 0 Å². The summed E-state index contributed by atoms with van der Waals surface area (Å²) in [6.07, 6.45) is 5.31. The monoisotopic (exact) mass is 411 g/mol. The zero-order valence-corrected chi connectivity index (χ0v) is 17.6. The lowest BCUT2D eigenvalue weighted by Gasteiger charge is -2.32. The Labute approximate surface area is 182 Å². The van der Waals surface area contributed by atoms with Crippen molar-refractivity contribution in [2.24, 2.45) is 0 Å². The molecule has 0 unspecified atom stereocenters.